The summed E-state index contributed by atoms with van der Waals surface area (Å²) >= 11 is 0. The lowest BCUT2D eigenvalue weighted by molar-refractivity contribution is -0.170. The van der Waals surface area contributed by atoms with Crippen molar-refractivity contribution < 1.29 is 19.1 Å². The number of hydrogen-bond donors (Lipinski definition) is 1. The van der Waals surface area contributed by atoms with Crippen molar-refractivity contribution in [1.29, 1.82) is 0 Å². The molecule has 0 radical (unpaired) electrons. The van der Waals surface area contributed by atoms with Crippen LogP contribution in [0.1, 0.15) is 13.3 Å². The van der Waals surface area contributed by atoms with Crippen molar-refractivity contribution in [2.24, 2.45) is 5.92 Å². The van der Waals surface area contributed by atoms with Gasteiger partial charge in [0.05, 0.1) is 18.6 Å². The first-order valence-electron chi connectivity index (χ1n) is 10.3. The third-order valence-corrected chi connectivity index (χ3v) is 9.80. The Morgan fingerprint density at radius 2 is 1.30 bits per heavy atom. The number of rotatable bonds is 6. The van der Waals surface area contributed by atoms with Crippen LogP contribution in [0.5, 0.6) is 0 Å². The van der Waals surface area contributed by atoms with Crippen LogP contribution in [0.2, 0.25) is 0 Å². The van der Waals surface area contributed by atoms with E-state index in [4.69, 9.17) is 9.16 Å². The molecule has 0 amide bonds. The highest BCUT2D eigenvalue weighted by atomic mass is 28.4. The van der Waals surface area contributed by atoms with Gasteiger partial charge in [-0.3, -0.25) is 4.79 Å². The van der Waals surface area contributed by atoms with Gasteiger partial charge in [-0.05, 0) is 22.5 Å². The third-order valence-electron chi connectivity index (χ3n) is 5.76. The van der Waals surface area contributed by atoms with Crippen LogP contribution in [-0.2, 0) is 14.0 Å². The van der Waals surface area contributed by atoms with Gasteiger partial charge in [0.2, 0.25) is 0 Å². The lowest BCUT2D eigenvalue weighted by Gasteiger charge is -2.36. The third kappa shape index (κ3) is 3.96. The number of carbonyl (C=O) groups excluding carboxylic acids is 1. The summed E-state index contributed by atoms with van der Waals surface area (Å²) in [6, 6.07) is 30.8. The fourth-order valence-corrected chi connectivity index (χ4v) is 7.96. The summed E-state index contributed by atoms with van der Waals surface area (Å²) in [6.45, 7) is 1.93. The fraction of sp³-hybridized carbons (Fsp3) is 0.240. The number of aliphatic hydroxyl groups excluding tert-OH is 1. The first-order chi connectivity index (χ1) is 14.6. The predicted octanol–water partition coefficient (Wildman–Crippen LogP) is 1.98. The first-order valence-corrected chi connectivity index (χ1v) is 12.2. The molecule has 0 spiro atoms. The molecule has 0 unspecified atom stereocenters. The molecule has 1 fully saturated rings. The molecule has 3 atom stereocenters. The number of esters is 1. The first kappa shape index (κ1) is 20.5. The molecular formula is C25H26O4Si. The second kappa shape index (κ2) is 8.96. The smallest absolute Gasteiger partial charge is 0.311 e. The monoisotopic (exact) mass is 418 g/mol. The Balaban J connectivity index is 1.76. The topological polar surface area (TPSA) is 55.8 Å². The summed E-state index contributed by atoms with van der Waals surface area (Å²) in [5.41, 5.74) is 0. The molecule has 0 aromatic heterocycles. The number of hydrogen-bond acceptors (Lipinski definition) is 4. The summed E-state index contributed by atoms with van der Waals surface area (Å²) in [4.78, 5) is 12.1. The quantitative estimate of drug-likeness (QED) is 0.378. The van der Waals surface area contributed by atoms with Gasteiger partial charge in [0, 0.05) is 6.42 Å². The molecule has 0 aliphatic carbocycles. The van der Waals surface area contributed by atoms with E-state index in [1.807, 2.05) is 54.6 Å². The molecule has 0 saturated carbocycles. The van der Waals surface area contributed by atoms with Gasteiger partial charge in [-0.2, -0.15) is 0 Å². The Bertz CT molecular complexity index is 866. The summed E-state index contributed by atoms with van der Waals surface area (Å²) in [5, 5.41) is 13.6. The van der Waals surface area contributed by atoms with Crippen LogP contribution in [0.15, 0.2) is 91.0 Å². The van der Waals surface area contributed by atoms with Crippen molar-refractivity contribution in [3.8, 4) is 0 Å². The highest BCUT2D eigenvalue weighted by Gasteiger charge is 2.43. The lowest BCUT2D eigenvalue weighted by Crippen LogP contribution is -2.70. The highest BCUT2D eigenvalue weighted by Crippen LogP contribution is 2.22. The highest BCUT2D eigenvalue weighted by molar-refractivity contribution is 7.07. The van der Waals surface area contributed by atoms with E-state index in [-0.39, 0.29) is 12.6 Å². The van der Waals surface area contributed by atoms with Crippen molar-refractivity contribution in [2.45, 2.75) is 25.6 Å². The van der Waals surface area contributed by atoms with Gasteiger partial charge >= 0.3 is 5.97 Å². The Morgan fingerprint density at radius 1 is 0.867 bits per heavy atom. The lowest BCUT2D eigenvalue weighted by atomic mass is 9.96. The van der Waals surface area contributed by atoms with E-state index in [1.165, 1.54) is 0 Å². The summed E-state index contributed by atoms with van der Waals surface area (Å²) in [5.74, 6) is -0.866. The zero-order chi connectivity index (χ0) is 21.0. The SMILES string of the molecule is C[C@@H]1C(=O)O[C@H](CO[Si](c2ccccc2)(c2ccccc2)c2ccccc2)C[C@H]1O. The van der Waals surface area contributed by atoms with E-state index in [9.17, 15) is 9.90 Å². The minimum absolute atomic E-state index is 0.237. The van der Waals surface area contributed by atoms with Crippen molar-refractivity contribution >= 4 is 29.8 Å². The Kier molecular flexibility index (Phi) is 6.13. The molecule has 1 heterocycles. The minimum atomic E-state index is -2.84. The molecule has 3 aromatic rings. The molecule has 0 bridgehead atoms. The number of ether oxygens (including phenoxy) is 1. The molecular weight excluding hydrogens is 392 g/mol. The van der Waals surface area contributed by atoms with Crippen LogP contribution < -0.4 is 15.6 Å². The molecule has 1 aliphatic heterocycles. The summed E-state index contributed by atoms with van der Waals surface area (Å²) < 4.78 is 12.4. The number of benzene rings is 3. The van der Waals surface area contributed by atoms with Crippen molar-refractivity contribution in [3.63, 3.8) is 0 Å². The van der Waals surface area contributed by atoms with Gasteiger partial charge < -0.3 is 14.3 Å². The number of cyclic esters (lactones) is 1. The second-order valence-corrected chi connectivity index (χ2v) is 11.1. The van der Waals surface area contributed by atoms with Gasteiger partial charge in [0.1, 0.15) is 6.10 Å². The number of carbonyl (C=O) groups is 1. The predicted molar refractivity (Wildman–Crippen MR) is 120 cm³/mol. The van der Waals surface area contributed by atoms with Gasteiger partial charge in [0.15, 0.2) is 0 Å². The van der Waals surface area contributed by atoms with Crippen molar-refractivity contribution in [1.82, 2.24) is 0 Å². The summed E-state index contributed by atoms with van der Waals surface area (Å²) in [6.07, 6.45) is -0.789. The Morgan fingerprint density at radius 3 is 1.70 bits per heavy atom. The van der Waals surface area contributed by atoms with E-state index in [0.717, 1.165) is 15.6 Å². The largest absolute Gasteiger partial charge is 0.460 e. The molecule has 154 valence electrons. The standard InChI is InChI=1S/C25H26O4Si/c1-19-24(26)17-20(29-25(19)27)18-28-30(21-11-5-2-6-12-21,22-13-7-3-8-14-22)23-15-9-4-10-16-23/h2-16,19-20,24,26H,17-18H2,1H3/t19-,20-,24+/m0/s1. The molecule has 30 heavy (non-hydrogen) atoms. The maximum Gasteiger partial charge on any atom is 0.311 e. The average Bonchev–Trinajstić information content (AvgIpc) is 2.80. The van der Waals surface area contributed by atoms with E-state index >= 15 is 0 Å². The maximum absolute atomic E-state index is 12.1. The van der Waals surface area contributed by atoms with Crippen LogP contribution in [0.25, 0.3) is 0 Å². The normalized spacial score (nSPS) is 21.8. The van der Waals surface area contributed by atoms with Crippen LogP contribution in [0.3, 0.4) is 0 Å². The molecule has 4 nitrogen and oxygen atoms in total. The van der Waals surface area contributed by atoms with Gasteiger partial charge in [-0.15, -0.1) is 0 Å². The van der Waals surface area contributed by atoms with Crippen LogP contribution in [0, 0.1) is 5.92 Å². The van der Waals surface area contributed by atoms with Crippen LogP contribution in [0.4, 0.5) is 0 Å². The zero-order valence-electron chi connectivity index (χ0n) is 17.0. The van der Waals surface area contributed by atoms with Crippen molar-refractivity contribution in [2.75, 3.05) is 6.61 Å². The Labute approximate surface area is 178 Å². The molecule has 5 heteroatoms. The van der Waals surface area contributed by atoms with E-state index in [0.29, 0.717) is 6.42 Å². The maximum atomic E-state index is 12.1. The second-order valence-electron chi connectivity index (χ2n) is 7.74. The average molecular weight is 419 g/mol. The van der Waals surface area contributed by atoms with E-state index in [1.54, 1.807) is 6.92 Å². The van der Waals surface area contributed by atoms with Crippen LogP contribution in [-0.4, -0.2) is 38.2 Å². The molecule has 3 aromatic carbocycles. The van der Waals surface area contributed by atoms with Crippen molar-refractivity contribution in [3.05, 3.63) is 91.0 Å². The minimum Gasteiger partial charge on any atom is -0.460 e. The van der Waals surface area contributed by atoms with E-state index < -0.39 is 26.4 Å². The number of aliphatic hydroxyl groups is 1. The summed E-state index contributed by atoms with van der Waals surface area (Å²) in [7, 11) is -2.84. The molecule has 1 N–H and O–H groups in total. The Hall–Kier alpha value is -2.73. The van der Waals surface area contributed by atoms with Gasteiger partial charge in [0.25, 0.3) is 8.32 Å². The zero-order valence-corrected chi connectivity index (χ0v) is 18.0. The molecule has 1 aliphatic rings. The fourth-order valence-electron chi connectivity index (χ4n) is 4.04. The molecule has 1 saturated heterocycles. The van der Waals surface area contributed by atoms with Gasteiger partial charge in [-0.25, -0.2) is 0 Å². The van der Waals surface area contributed by atoms with Crippen LogP contribution >= 0.6 is 0 Å². The van der Waals surface area contributed by atoms with E-state index in [2.05, 4.69) is 36.4 Å². The van der Waals surface area contributed by atoms with Gasteiger partial charge in [-0.1, -0.05) is 91.0 Å². The molecule has 4 rings (SSSR count).